The van der Waals surface area contributed by atoms with E-state index in [1.54, 1.807) is 53.7 Å². The Labute approximate surface area is 157 Å². The zero-order chi connectivity index (χ0) is 19.2. The van der Waals surface area contributed by atoms with Gasteiger partial charge in [-0.1, -0.05) is 18.2 Å². The molecule has 7 nitrogen and oxygen atoms in total. The summed E-state index contributed by atoms with van der Waals surface area (Å²) in [7, 11) is 0. The number of likely N-dealkylation sites (tertiary alicyclic amines) is 1. The summed E-state index contributed by atoms with van der Waals surface area (Å²) in [6.45, 7) is 0.953. The molecule has 1 aliphatic heterocycles. The summed E-state index contributed by atoms with van der Waals surface area (Å²) < 4.78 is 0. The molecule has 0 spiro atoms. The fourth-order valence-electron chi connectivity index (χ4n) is 3.25. The van der Waals surface area contributed by atoms with E-state index in [0.717, 1.165) is 6.42 Å². The lowest BCUT2D eigenvalue weighted by atomic mass is 9.96. The van der Waals surface area contributed by atoms with Crippen LogP contribution in [0, 0.1) is 5.92 Å². The van der Waals surface area contributed by atoms with E-state index in [4.69, 9.17) is 5.11 Å². The van der Waals surface area contributed by atoms with Crippen molar-refractivity contribution in [2.75, 3.05) is 18.4 Å². The normalized spacial score (nSPS) is 16.6. The zero-order valence-corrected chi connectivity index (χ0v) is 14.8. The number of para-hydroxylation sites is 1. The van der Waals surface area contributed by atoms with Crippen LogP contribution in [-0.4, -0.2) is 45.9 Å². The lowest BCUT2D eigenvalue weighted by molar-refractivity contribution is -0.136. The van der Waals surface area contributed by atoms with Crippen LogP contribution in [0.3, 0.4) is 0 Å². The van der Waals surface area contributed by atoms with Gasteiger partial charge in [0.15, 0.2) is 0 Å². The maximum Gasteiger partial charge on any atom is 0.307 e. The molecule has 0 radical (unpaired) electrons. The summed E-state index contributed by atoms with van der Waals surface area (Å²) in [6.07, 6.45) is 4.41. The second kappa shape index (κ2) is 8.44. The Kier molecular flexibility index (Phi) is 5.80. The first-order chi connectivity index (χ1) is 13.0. The number of amides is 2. The van der Waals surface area contributed by atoms with Crippen molar-refractivity contribution in [1.82, 2.24) is 9.88 Å². The topological polar surface area (TPSA) is 99.6 Å². The predicted molar refractivity (Wildman–Crippen MR) is 99.3 cm³/mol. The SMILES string of the molecule is O=C(O)Cc1ccccc1NC(=O)C1CCCN(C(=O)c2ccncc2)C1. The lowest BCUT2D eigenvalue weighted by Gasteiger charge is -2.32. The molecular formula is C20H21N3O4. The number of piperidine rings is 1. The van der Waals surface area contributed by atoms with Crippen LogP contribution in [0.4, 0.5) is 5.69 Å². The minimum Gasteiger partial charge on any atom is -0.481 e. The summed E-state index contributed by atoms with van der Waals surface area (Å²) in [5, 5.41) is 11.9. The van der Waals surface area contributed by atoms with E-state index in [0.29, 0.717) is 36.3 Å². The summed E-state index contributed by atoms with van der Waals surface area (Å²) in [5.41, 5.74) is 1.61. The van der Waals surface area contributed by atoms with E-state index >= 15 is 0 Å². The first-order valence-corrected chi connectivity index (χ1v) is 8.84. The Balaban J connectivity index is 1.67. The molecule has 0 aliphatic carbocycles. The zero-order valence-electron chi connectivity index (χ0n) is 14.8. The van der Waals surface area contributed by atoms with Crippen LogP contribution in [0.2, 0.25) is 0 Å². The summed E-state index contributed by atoms with van der Waals surface area (Å²) in [6, 6.07) is 10.2. The number of aromatic nitrogens is 1. The molecule has 27 heavy (non-hydrogen) atoms. The fourth-order valence-corrected chi connectivity index (χ4v) is 3.25. The predicted octanol–water partition coefficient (Wildman–Crippen LogP) is 2.20. The maximum atomic E-state index is 12.7. The maximum absolute atomic E-state index is 12.7. The van der Waals surface area contributed by atoms with Crippen LogP contribution in [0.5, 0.6) is 0 Å². The van der Waals surface area contributed by atoms with Crippen molar-refractivity contribution in [1.29, 1.82) is 0 Å². The fraction of sp³-hybridized carbons (Fsp3) is 0.300. The van der Waals surface area contributed by atoms with Crippen LogP contribution in [0.15, 0.2) is 48.8 Å². The highest BCUT2D eigenvalue weighted by atomic mass is 16.4. The van der Waals surface area contributed by atoms with Crippen molar-refractivity contribution >= 4 is 23.5 Å². The first kappa shape index (κ1) is 18.6. The van der Waals surface area contributed by atoms with E-state index in [-0.39, 0.29) is 24.2 Å². The molecule has 1 unspecified atom stereocenters. The highest BCUT2D eigenvalue weighted by Crippen LogP contribution is 2.22. The largest absolute Gasteiger partial charge is 0.481 e. The van der Waals surface area contributed by atoms with Crippen molar-refractivity contribution in [3.63, 3.8) is 0 Å². The molecule has 1 saturated heterocycles. The van der Waals surface area contributed by atoms with Gasteiger partial charge in [0.2, 0.25) is 5.91 Å². The summed E-state index contributed by atoms with van der Waals surface area (Å²) in [4.78, 5) is 41.9. The molecule has 0 bridgehead atoms. The van der Waals surface area contributed by atoms with Crippen LogP contribution < -0.4 is 5.32 Å². The van der Waals surface area contributed by atoms with Crippen LogP contribution in [0.25, 0.3) is 0 Å². The van der Waals surface area contributed by atoms with Gasteiger partial charge in [0.1, 0.15) is 0 Å². The monoisotopic (exact) mass is 367 g/mol. The molecule has 1 atom stereocenters. The Morgan fingerprint density at radius 1 is 1.15 bits per heavy atom. The molecule has 0 saturated carbocycles. The summed E-state index contributed by atoms with van der Waals surface area (Å²) >= 11 is 0. The van der Waals surface area contributed by atoms with Gasteiger partial charge in [-0.05, 0) is 36.6 Å². The third-order valence-electron chi connectivity index (χ3n) is 4.62. The molecule has 1 aliphatic rings. The van der Waals surface area contributed by atoms with Gasteiger partial charge in [-0.25, -0.2) is 0 Å². The molecule has 2 N–H and O–H groups in total. The van der Waals surface area contributed by atoms with Gasteiger partial charge in [-0.15, -0.1) is 0 Å². The molecule has 2 aromatic rings. The third-order valence-corrected chi connectivity index (χ3v) is 4.62. The van der Waals surface area contributed by atoms with Crippen LogP contribution in [0.1, 0.15) is 28.8 Å². The van der Waals surface area contributed by atoms with Crippen molar-refractivity contribution < 1.29 is 19.5 Å². The van der Waals surface area contributed by atoms with Crippen molar-refractivity contribution in [2.45, 2.75) is 19.3 Å². The number of aliphatic carboxylic acids is 1. The van der Waals surface area contributed by atoms with Gasteiger partial charge >= 0.3 is 5.97 Å². The highest BCUT2D eigenvalue weighted by molar-refractivity contribution is 5.96. The smallest absolute Gasteiger partial charge is 0.307 e. The average molecular weight is 367 g/mol. The van der Waals surface area contributed by atoms with Gasteiger partial charge in [-0.2, -0.15) is 0 Å². The quantitative estimate of drug-likeness (QED) is 0.844. The molecule has 3 rings (SSSR count). The van der Waals surface area contributed by atoms with Crippen molar-refractivity contribution in [3.8, 4) is 0 Å². The minimum absolute atomic E-state index is 0.110. The number of carboxylic acids is 1. The molecule has 2 amide bonds. The Bertz CT molecular complexity index is 838. The number of carbonyl (C=O) groups excluding carboxylic acids is 2. The van der Waals surface area contributed by atoms with E-state index < -0.39 is 5.97 Å². The molecular weight excluding hydrogens is 346 g/mol. The van der Waals surface area contributed by atoms with Crippen LogP contribution in [-0.2, 0) is 16.0 Å². The molecule has 1 fully saturated rings. The molecule has 2 heterocycles. The number of rotatable bonds is 5. The Morgan fingerprint density at radius 3 is 2.63 bits per heavy atom. The molecule has 140 valence electrons. The second-order valence-electron chi connectivity index (χ2n) is 6.54. The number of nitrogens with zero attached hydrogens (tertiary/aromatic N) is 2. The average Bonchev–Trinajstić information content (AvgIpc) is 2.69. The van der Waals surface area contributed by atoms with E-state index in [1.807, 2.05) is 0 Å². The van der Waals surface area contributed by atoms with Crippen LogP contribution >= 0.6 is 0 Å². The van der Waals surface area contributed by atoms with E-state index in [1.165, 1.54) is 0 Å². The molecule has 7 heteroatoms. The number of hydrogen-bond acceptors (Lipinski definition) is 4. The lowest BCUT2D eigenvalue weighted by Crippen LogP contribution is -2.43. The molecule has 1 aromatic carbocycles. The van der Waals surface area contributed by atoms with Gasteiger partial charge in [0, 0.05) is 36.7 Å². The first-order valence-electron chi connectivity index (χ1n) is 8.84. The Hall–Kier alpha value is -3.22. The standard InChI is InChI=1S/C20H21N3O4/c24-18(25)12-15-4-1-2-6-17(15)22-19(26)16-5-3-11-23(13-16)20(27)14-7-9-21-10-8-14/h1-2,4,6-10,16H,3,5,11-13H2,(H,22,26)(H,24,25). The second-order valence-corrected chi connectivity index (χ2v) is 6.54. The number of nitrogens with one attached hydrogen (secondary N) is 1. The van der Waals surface area contributed by atoms with Gasteiger partial charge in [0.25, 0.3) is 5.91 Å². The number of carboxylic acid groups (broad SMARTS) is 1. The van der Waals surface area contributed by atoms with E-state index in [2.05, 4.69) is 10.3 Å². The Morgan fingerprint density at radius 2 is 1.89 bits per heavy atom. The third kappa shape index (κ3) is 4.69. The van der Waals surface area contributed by atoms with Gasteiger partial charge in [-0.3, -0.25) is 19.4 Å². The van der Waals surface area contributed by atoms with Gasteiger partial charge in [0.05, 0.1) is 12.3 Å². The van der Waals surface area contributed by atoms with Gasteiger partial charge < -0.3 is 15.3 Å². The molecule has 1 aromatic heterocycles. The van der Waals surface area contributed by atoms with Crippen molar-refractivity contribution in [2.24, 2.45) is 5.92 Å². The van der Waals surface area contributed by atoms with E-state index in [9.17, 15) is 14.4 Å². The minimum atomic E-state index is -0.955. The highest BCUT2D eigenvalue weighted by Gasteiger charge is 2.29. The number of hydrogen-bond donors (Lipinski definition) is 2. The number of pyridine rings is 1. The number of benzene rings is 1. The summed E-state index contributed by atoms with van der Waals surface area (Å²) in [5.74, 6) is -1.59. The van der Waals surface area contributed by atoms with Crippen molar-refractivity contribution in [3.05, 3.63) is 59.9 Å². The number of carbonyl (C=O) groups is 3. The number of anilines is 1.